The van der Waals surface area contributed by atoms with Crippen LogP contribution in [0.5, 0.6) is 0 Å². The van der Waals surface area contributed by atoms with Crippen LogP contribution in [0.2, 0.25) is 0 Å². The SMILES string of the molecule is CC(C)OC(=O)c1cc2c(cn1)CC(C(=O)Nc1ccc(/C=C/COCCN(C)CCN(C)C(=O)OC(C)(C)C)cn1)C2. The summed E-state index contributed by atoms with van der Waals surface area (Å²) in [5, 5.41) is 2.89. The maximum absolute atomic E-state index is 12.9. The van der Waals surface area contributed by atoms with Crippen LogP contribution in [0.4, 0.5) is 10.6 Å². The Morgan fingerprint density at radius 3 is 2.47 bits per heavy atom. The van der Waals surface area contributed by atoms with Crippen molar-refractivity contribution in [1.82, 2.24) is 19.8 Å². The van der Waals surface area contributed by atoms with Crippen LogP contribution >= 0.6 is 0 Å². The molecule has 0 saturated carbocycles. The summed E-state index contributed by atoms with van der Waals surface area (Å²) in [7, 11) is 3.72. The molecule has 43 heavy (non-hydrogen) atoms. The third-order valence-corrected chi connectivity index (χ3v) is 6.64. The Labute approximate surface area is 254 Å². The van der Waals surface area contributed by atoms with Crippen molar-refractivity contribution in [1.29, 1.82) is 0 Å². The molecule has 11 heteroatoms. The molecule has 2 heterocycles. The monoisotopic (exact) mass is 595 g/mol. The number of carbonyl (C=O) groups excluding carboxylic acids is 3. The second-order valence-electron chi connectivity index (χ2n) is 12.0. The smallest absolute Gasteiger partial charge is 0.410 e. The molecule has 11 nitrogen and oxygen atoms in total. The minimum absolute atomic E-state index is 0.117. The second kappa shape index (κ2) is 15.6. The van der Waals surface area contributed by atoms with Crippen LogP contribution in [0.1, 0.15) is 61.8 Å². The lowest BCUT2D eigenvalue weighted by molar-refractivity contribution is -0.119. The lowest BCUT2D eigenvalue weighted by Gasteiger charge is -2.26. The van der Waals surface area contributed by atoms with Crippen LogP contribution in [0.15, 0.2) is 36.7 Å². The van der Waals surface area contributed by atoms with Gasteiger partial charge >= 0.3 is 12.1 Å². The summed E-state index contributed by atoms with van der Waals surface area (Å²) in [6.45, 7) is 12.2. The van der Waals surface area contributed by atoms with Gasteiger partial charge in [0.1, 0.15) is 17.1 Å². The van der Waals surface area contributed by atoms with E-state index in [4.69, 9.17) is 14.2 Å². The molecule has 0 radical (unpaired) electrons. The van der Waals surface area contributed by atoms with Crippen molar-refractivity contribution in [2.24, 2.45) is 5.92 Å². The van der Waals surface area contributed by atoms with Gasteiger partial charge in [-0.1, -0.05) is 12.2 Å². The zero-order valence-electron chi connectivity index (χ0n) is 26.4. The highest BCUT2D eigenvalue weighted by Gasteiger charge is 2.29. The van der Waals surface area contributed by atoms with Gasteiger partial charge in [-0.05, 0) is 89.4 Å². The zero-order valence-corrected chi connectivity index (χ0v) is 26.4. The number of likely N-dealkylation sites (N-methyl/N-ethyl adjacent to an activating group) is 2. The number of esters is 1. The molecule has 1 unspecified atom stereocenters. The van der Waals surface area contributed by atoms with E-state index in [2.05, 4.69) is 20.2 Å². The Bertz CT molecular complexity index is 1270. The summed E-state index contributed by atoms with van der Waals surface area (Å²) in [6.07, 6.45) is 7.74. The minimum Gasteiger partial charge on any atom is -0.458 e. The van der Waals surface area contributed by atoms with Gasteiger partial charge in [-0.3, -0.25) is 4.79 Å². The number of hydrogen-bond acceptors (Lipinski definition) is 9. The molecular formula is C32H45N5O6. The van der Waals surface area contributed by atoms with Crippen molar-refractivity contribution in [2.75, 3.05) is 52.3 Å². The first-order valence-electron chi connectivity index (χ1n) is 14.6. The summed E-state index contributed by atoms with van der Waals surface area (Å²) in [5.41, 5.74) is 2.56. The molecule has 0 saturated heterocycles. The maximum Gasteiger partial charge on any atom is 0.410 e. The Morgan fingerprint density at radius 1 is 1.05 bits per heavy atom. The van der Waals surface area contributed by atoms with Gasteiger partial charge in [0, 0.05) is 45.0 Å². The third-order valence-electron chi connectivity index (χ3n) is 6.64. The van der Waals surface area contributed by atoms with Crippen molar-refractivity contribution in [3.05, 3.63) is 59.1 Å². The highest BCUT2D eigenvalue weighted by Crippen LogP contribution is 2.28. The fourth-order valence-electron chi connectivity index (χ4n) is 4.30. The molecular weight excluding hydrogens is 550 g/mol. The average Bonchev–Trinajstić information content (AvgIpc) is 3.37. The van der Waals surface area contributed by atoms with Gasteiger partial charge < -0.3 is 29.3 Å². The van der Waals surface area contributed by atoms with Crippen molar-refractivity contribution in [2.45, 2.75) is 59.2 Å². The van der Waals surface area contributed by atoms with Crippen molar-refractivity contribution in [3.63, 3.8) is 0 Å². The van der Waals surface area contributed by atoms with Gasteiger partial charge in [-0.2, -0.15) is 0 Å². The predicted molar refractivity (Wildman–Crippen MR) is 165 cm³/mol. The average molecular weight is 596 g/mol. The second-order valence-corrected chi connectivity index (χ2v) is 12.0. The molecule has 0 fully saturated rings. The number of carbonyl (C=O) groups is 3. The molecule has 234 valence electrons. The van der Waals surface area contributed by atoms with E-state index in [1.54, 1.807) is 50.3 Å². The van der Waals surface area contributed by atoms with Crippen LogP contribution in [-0.2, 0) is 31.8 Å². The number of anilines is 1. The van der Waals surface area contributed by atoms with Crippen LogP contribution in [0.25, 0.3) is 6.08 Å². The number of amides is 2. The first-order valence-corrected chi connectivity index (χ1v) is 14.6. The molecule has 3 rings (SSSR count). The maximum atomic E-state index is 12.9. The molecule has 0 bridgehead atoms. The standard InChI is InChI=1S/C32H45N5O6/c1-22(2)42-30(39)27-19-24-17-25(18-26(24)21-33-27)29(38)35-28-11-10-23(20-34-28)9-8-15-41-16-14-36(6)12-13-37(7)31(40)43-32(3,4)5/h8-11,19-22,25H,12-18H2,1-7H3,(H,34,35,38)/b9-8+. The summed E-state index contributed by atoms with van der Waals surface area (Å²) in [6, 6.07) is 5.38. The van der Waals surface area contributed by atoms with E-state index < -0.39 is 11.6 Å². The van der Waals surface area contributed by atoms with Gasteiger partial charge in [0.25, 0.3) is 0 Å². The first kappa shape index (κ1) is 33.7. The van der Waals surface area contributed by atoms with Crippen LogP contribution in [0, 0.1) is 5.92 Å². The molecule has 0 aromatic carbocycles. The van der Waals surface area contributed by atoms with Crippen LogP contribution in [0.3, 0.4) is 0 Å². The fourth-order valence-corrected chi connectivity index (χ4v) is 4.30. The quantitative estimate of drug-likeness (QED) is 0.268. The third kappa shape index (κ3) is 11.4. The van der Waals surface area contributed by atoms with Crippen molar-refractivity contribution < 1.29 is 28.6 Å². The molecule has 1 aliphatic carbocycles. The molecule has 2 aromatic heterocycles. The largest absolute Gasteiger partial charge is 0.458 e. The molecule has 2 amide bonds. The topological polar surface area (TPSA) is 123 Å². The number of nitrogens with one attached hydrogen (secondary N) is 1. The first-order chi connectivity index (χ1) is 20.3. The molecule has 1 atom stereocenters. The molecule has 0 aliphatic heterocycles. The summed E-state index contributed by atoms with van der Waals surface area (Å²) in [4.78, 5) is 49.4. The van der Waals surface area contributed by atoms with E-state index in [9.17, 15) is 14.4 Å². The molecule has 1 aliphatic rings. The lowest BCUT2D eigenvalue weighted by atomic mass is 10.1. The fraction of sp³-hybridized carbons (Fsp3) is 0.531. The van der Waals surface area contributed by atoms with Gasteiger partial charge in [-0.25, -0.2) is 19.6 Å². The minimum atomic E-state index is -0.506. The predicted octanol–water partition coefficient (Wildman–Crippen LogP) is 4.22. The number of ether oxygens (including phenoxy) is 3. The van der Waals surface area contributed by atoms with E-state index in [1.165, 1.54) is 0 Å². The van der Waals surface area contributed by atoms with Gasteiger partial charge in [0.2, 0.25) is 5.91 Å². The van der Waals surface area contributed by atoms with E-state index in [0.717, 1.165) is 23.2 Å². The zero-order chi connectivity index (χ0) is 31.6. The molecule has 1 N–H and O–H groups in total. The van der Waals surface area contributed by atoms with Gasteiger partial charge in [0.15, 0.2) is 0 Å². The number of hydrogen-bond donors (Lipinski definition) is 1. The van der Waals surface area contributed by atoms with Crippen molar-refractivity contribution in [3.8, 4) is 0 Å². The van der Waals surface area contributed by atoms with E-state index in [-0.39, 0.29) is 29.7 Å². The van der Waals surface area contributed by atoms with E-state index >= 15 is 0 Å². The number of nitrogens with zero attached hydrogens (tertiary/aromatic N) is 4. The normalized spacial score (nSPS) is 14.7. The Balaban J connectivity index is 1.34. The molecule has 0 spiro atoms. The summed E-state index contributed by atoms with van der Waals surface area (Å²) >= 11 is 0. The lowest BCUT2D eigenvalue weighted by Crippen LogP contribution is -2.39. The van der Waals surface area contributed by atoms with Crippen LogP contribution < -0.4 is 5.32 Å². The number of aromatic nitrogens is 2. The van der Waals surface area contributed by atoms with E-state index in [0.29, 0.717) is 45.0 Å². The van der Waals surface area contributed by atoms with Crippen LogP contribution in [-0.4, -0.2) is 96.4 Å². The van der Waals surface area contributed by atoms with Gasteiger partial charge in [0.05, 0.1) is 19.3 Å². The Hall–Kier alpha value is -3.83. The molecule has 2 aromatic rings. The van der Waals surface area contributed by atoms with Crippen molar-refractivity contribution >= 4 is 29.9 Å². The number of fused-ring (bicyclic) bond motifs is 1. The highest BCUT2D eigenvalue weighted by molar-refractivity contribution is 5.93. The summed E-state index contributed by atoms with van der Waals surface area (Å²) in [5.74, 6) is -0.348. The highest BCUT2D eigenvalue weighted by atomic mass is 16.6. The Kier molecular flexibility index (Phi) is 12.2. The number of rotatable bonds is 13. The Morgan fingerprint density at radius 2 is 1.79 bits per heavy atom. The number of pyridine rings is 2. The van der Waals surface area contributed by atoms with Gasteiger partial charge in [-0.15, -0.1) is 0 Å². The van der Waals surface area contributed by atoms with E-state index in [1.807, 2.05) is 46.0 Å². The summed E-state index contributed by atoms with van der Waals surface area (Å²) < 4.78 is 16.3.